The molecule has 0 heterocycles. The fourth-order valence-corrected chi connectivity index (χ4v) is 1.88. The molecule has 0 saturated heterocycles. The first-order valence-electron chi connectivity index (χ1n) is 5.50. The second-order valence-corrected chi connectivity index (χ2v) is 4.50. The Labute approximate surface area is 93.3 Å². The molecule has 0 aliphatic carbocycles. The van der Waals surface area contributed by atoms with Gasteiger partial charge in [0.1, 0.15) is 0 Å². The van der Waals surface area contributed by atoms with Crippen LogP contribution in [-0.4, -0.2) is 21.1 Å². The SMILES string of the molecule is CNC(c1cccc(N(C)C)c1)C(C)C. The molecule has 0 radical (unpaired) electrons. The van der Waals surface area contributed by atoms with E-state index in [4.69, 9.17) is 0 Å². The highest BCUT2D eigenvalue weighted by Crippen LogP contribution is 2.24. The Morgan fingerprint density at radius 3 is 2.33 bits per heavy atom. The van der Waals surface area contributed by atoms with Gasteiger partial charge in [-0.25, -0.2) is 0 Å². The molecular weight excluding hydrogens is 184 g/mol. The molecule has 0 amide bonds. The van der Waals surface area contributed by atoms with Crippen LogP contribution in [0.3, 0.4) is 0 Å². The molecule has 0 aromatic heterocycles. The summed E-state index contributed by atoms with van der Waals surface area (Å²) in [6.45, 7) is 4.48. The maximum absolute atomic E-state index is 3.37. The van der Waals surface area contributed by atoms with E-state index in [1.807, 2.05) is 7.05 Å². The van der Waals surface area contributed by atoms with Crippen molar-refractivity contribution in [3.8, 4) is 0 Å². The highest BCUT2D eigenvalue weighted by atomic mass is 15.1. The molecule has 2 heteroatoms. The second-order valence-electron chi connectivity index (χ2n) is 4.50. The van der Waals surface area contributed by atoms with Crippen LogP contribution in [0.15, 0.2) is 24.3 Å². The van der Waals surface area contributed by atoms with Crippen molar-refractivity contribution in [3.05, 3.63) is 29.8 Å². The van der Waals surface area contributed by atoms with Crippen molar-refractivity contribution in [1.29, 1.82) is 0 Å². The summed E-state index contributed by atoms with van der Waals surface area (Å²) in [5.41, 5.74) is 2.62. The van der Waals surface area contributed by atoms with Crippen LogP contribution < -0.4 is 10.2 Å². The minimum absolute atomic E-state index is 0.435. The molecule has 15 heavy (non-hydrogen) atoms. The monoisotopic (exact) mass is 206 g/mol. The van der Waals surface area contributed by atoms with E-state index in [2.05, 4.69) is 62.4 Å². The summed E-state index contributed by atoms with van der Waals surface area (Å²) < 4.78 is 0. The highest BCUT2D eigenvalue weighted by molar-refractivity contribution is 5.47. The fraction of sp³-hybridized carbons (Fsp3) is 0.538. The molecule has 0 aliphatic heterocycles. The van der Waals surface area contributed by atoms with Gasteiger partial charge in [-0.2, -0.15) is 0 Å². The number of hydrogen-bond donors (Lipinski definition) is 1. The lowest BCUT2D eigenvalue weighted by Crippen LogP contribution is -2.22. The van der Waals surface area contributed by atoms with E-state index in [9.17, 15) is 0 Å². The number of rotatable bonds is 4. The predicted molar refractivity (Wildman–Crippen MR) is 67.4 cm³/mol. The molecule has 0 saturated carbocycles. The number of nitrogens with zero attached hydrogens (tertiary/aromatic N) is 1. The van der Waals surface area contributed by atoms with E-state index < -0.39 is 0 Å². The van der Waals surface area contributed by atoms with Crippen LogP contribution >= 0.6 is 0 Å². The second kappa shape index (κ2) is 5.17. The smallest absolute Gasteiger partial charge is 0.0364 e. The van der Waals surface area contributed by atoms with Crippen LogP contribution in [-0.2, 0) is 0 Å². The molecule has 1 aromatic carbocycles. The van der Waals surface area contributed by atoms with Gasteiger partial charge in [0.2, 0.25) is 0 Å². The molecule has 1 rings (SSSR count). The van der Waals surface area contributed by atoms with E-state index in [1.54, 1.807) is 0 Å². The minimum atomic E-state index is 0.435. The Kier molecular flexibility index (Phi) is 4.15. The topological polar surface area (TPSA) is 15.3 Å². The largest absolute Gasteiger partial charge is 0.378 e. The Balaban J connectivity index is 2.98. The van der Waals surface area contributed by atoms with E-state index in [-0.39, 0.29) is 0 Å². The first-order valence-corrected chi connectivity index (χ1v) is 5.50. The van der Waals surface area contributed by atoms with Crippen molar-refractivity contribution >= 4 is 5.69 Å². The van der Waals surface area contributed by atoms with Crippen LogP contribution in [0.25, 0.3) is 0 Å². The quantitative estimate of drug-likeness (QED) is 0.814. The van der Waals surface area contributed by atoms with Crippen molar-refractivity contribution < 1.29 is 0 Å². The average molecular weight is 206 g/mol. The molecule has 0 aliphatic rings. The molecule has 0 fully saturated rings. The molecule has 1 unspecified atom stereocenters. The van der Waals surface area contributed by atoms with Crippen molar-refractivity contribution in [2.45, 2.75) is 19.9 Å². The van der Waals surface area contributed by atoms with Gasteiger partial charge in [-0.15, -0.1) is 0 Å². The summed E-state index contributed by atoms with van der Waals surface area (Å²) in [5, 5.41) is 3.37. The van der Waals surface area contributed by atoms with Gasteiger partial charge in [-0.1, -0.05) is 26.0 Å². The van der Waals surface area contributed by atoms with E-state index in [0.717, 1.165) is 0 Å². The first-order chi connectivity index (χ1) is 7.06. The third-order valence-corrected chi connectivity index (χ3v) is 2.72. The summed E-state index contributed by atoms with van der Waals surface area (Å²) in [7, 11) is 6.17. The van der Waals surface area contributed by atoms with Gasteiger partial charge >= 0.3 is 0 Å². The Morgan fingerprint density at radius 2 is 1.87 bits per heavy atom. The summed E-state index contributed by atoms with van der Waals surface area (Å²) in [5.74, 6) is 0.604. The number of anilines is 1. The zero-order valence-corrected chi connectivity index (χ0v) is 10.4. The lowest BCUT2D eigenvalue weighted by Gasteiger charge is -2.22. The lowest BCUT2D eigenvalue weighted by atomic mass is 9.96. The third-order valence-electron chi connectivity index (χ3n) is 2.72. The van der Waals surface area contributed by atoms with Crippen LogP contribution in [0.5, 0.6) is 0 Å². The zero-order valence-electron chi connectivity index (χ0n) is 10.4. The normalized spacial score (nSPS) is 12.9. The van der Waals surface area contributed by atoms with Gasteiger partial charge in [-0.3, -0.25) is 0 Å². The fourth-order valence-electron chi connectivity index (χ4n) is 1.88. The van der Waals surface area contributed by atoms with Crippen molar-refractivity contribution in [1.82, 2.24) is 5.32 Å². The van der Waals surface area contributed by atoms with E-state index in [0.29, 0.717) is 12.0 Å². The predicted octanol–water partition coefficient (Wildman–Crippen LogP) is 2.67. The number of benzene rings is 1. The van der Waals surface area contributed by atoms with Gasteiger partial charge in [0, 0.05) is 25.8 Å². The zero-order chi connectivity index (χ0) is 11.4. The summed E-state index contributed by atoms with van der Waals surface area (Å²) in [4.78, 5) is 2.14. The molecule has 84 valence electrons. The van der Waals surface area contributed by atoms with Gasteiger partial charge in [0.25, 0.3) is 0 Å². The van der Waals surface area contributed by atoms with Crippen molar-refractivity contribution in [3.63, 3.8) is 0 Å². The van der Waals surface area contributed by atoms with E-state index >= 15 is 0 Å². The summed E-state index contributed by atoms with van der Waals surface area (Å²) in [6.07, 6.45) is 0. The van der Waals surface area contributed by atoms with Crippen molar-refractivity contribution in [2.75, 3.05) is 26.0 Å². The Morgan fingerprint density at radius 1 is 1.20 bits per heavy atom. The number of hydrogen-bond acceptors (Lipinski definition) is 2. The van der Waals surface area contributed by atoms with Crippen LogP contribution in [0.1, 0.15) is 25.5 Å². The van der Waals surface area contributed by atoms with Gasteiger partial charge in [-0.05, 0) is 30.7 Å². The summed E-state index contributed by atoms with van der Waals surface area (Å²) >= 11 is 0. The van der Waals surface area contributed by atoms with E-state index in [1.165, 1.54) is 11.3 Å². The third kappa shape index (κ3) is 2.96. The summed E-state index contributed by atoms with van der Waals surface area (Å²) in [6, 6.07) is 9.13. The van der Waals surface area contributed by atoms with Gasteiger partial charge < -0.3 is 10.2 Å². The standard InChI is InChI=1S/C13H22N2/c1-10(2)13(14-3)11-7-6-8-12(9-11)15(4)5/h6-10,13-14H,1-5H3. The Hall–Kier alpha value is -1.02. The molecular formula is C13H22N2. The highest BCUT2D eigenvalue weighted by Gasteiger charge is 2.13. The molecule has 2 nitrogen and oxygen atoms in total. The van der Waals surface area contributed by atoms with Crippen LogP contribution in [0.4, 0.5) is 5.69 Å². The average Bonchev–Trinajstić information content (AvgIpc) is 2.18. The molecule has 1 aromatic rings. The lowest BCUT2D eigenvalue weighted by molar-refractivity contribution is 0.443. The molecule has 0 spiro atoms. The maximum atomic E-state index is 3.37. The van der Waals surface area contributed by atoms with Gasteiger partial charge in [0.15, 0.2) is 0 Å². The number of nitrogens with one attached hydrogen (secondary N) is 1. The van der Waals surface area contributed by atoms with Crippen molar-refractivity contribution in [2.24, 2.45) is 5.92 Å². The first kappa shape index (κ1) is 12.1. The maximum Gasteiger partial charge on any atom is 0.0364 e. The minimum Gasteiger partial charge on any atom is -0.378 e. The molecule has 0 bridgehead atoms. The molecule has 1 atom stereocenters. The van der Waals surface area contributed by atoms with Crippen LogP contribution in [0.2, 0.25) is 0 Å². The Bertz CT molecular complexity index is 305. The molecule has 1 N–H and O–H groups in total. The van der Waals surface area contributed by atoms with Crippen LogP contribution in [0, 0.1) is 5.92 Å². The van der Waals surface area contributed by atoms with Gasteiger partial charge in [0.05, 0.1) is 0 Å².